The fourth-order valence-electron chi connectivity index (χ4n) is 4.53. The quantitative estimate of drug-likeness (QED) is 0.806. The number of fused-ring (bicyclic) bond motifs is 1. The molecule has 1 saturated carbocycles. The molecule has 1 N–H and O–H groups in total. The number of nitrogens with zero attached hydrogens (tertiary/aromatic N) is 1. The van der Waals surface area contributed by atoms with Crippen molar-refractivity contribution in [2.45, 2.75) is 71.4 Å². The van der Waals surface area contributed by atoms with Crippen LogP contribution in [0.3, 0.4) is 0 Å². The Morgan fingerprint density at radius 1 is 1.16 bits per heavy atom. The lowest BCUT2D eigenvalue weighted by Gasteiger charge is -2.35. The van der Waals surface area contributed by atoms with Gasteiger partial charge < -0.3 is 9.67 Å². The first-order valence-corrected chi connectivity index (χ1v) is 7.95. The summed E-state index contributed by atoms with van der Waals surface area (Å²) in [5.74, 6) is 1.67. The highest BCUT2D eigenvalue weighted by atomic mass is 16.3. The van der Waals surface area contributed by atoms with Crippen molar-refractivity contribution in [1.29, 1.82) is 0 Å². The van der Waals surface area contributed by atoms with Gasteiger partial charge in [-0.3, -0.25) is 0 Å². The van der Waals surface area contributed by atoms with E-state index in [2.05, 4.69) is 31.4 Å². The summed E-state index contributed by atoms with van der Waals surface area (Å²) in [7, 11) is 0. The molecule has 0 bridgehead atoms. The van der Waals surface area contributed by atoms with Gasteiger partial charge in [0.05, 0.1) is 6.10 Å². The fourth-order valence-corrected chi connectivity index (χ4v) is 4.53. The van der Waals surface area contributed by atoms with Crippen molar-refractivity contribution in [2.75, 3.05) is 0 Å². The Labute approximate surface area is 116 Å². The lowest BCUT2D eigenvalue weighted by Crippen LogP contribution is -2.25. The van der Waals surface area contributed by atoms with Crippen molar-refractivity contribution in [3.8, 4) is 0 Å². The highest BCUT2D eigenvalue weighted by molar-refractivity contribution is 5.32. The van der Waals surface area contributed by atoms with E-state index in [1.165, 1.54) is 36.2 Å². The Bertz CT molecular complexity index is 452. The number of aromatic nitrogens is 1. The second-order valence-electron chi connectivity index (χ2n) is 7.04. The lowest BCUT2D eigenvalue weighted by molar-refractivity contribution is 0.153. The third-order valence-electron chi connectivity index (χ3n) is 5.14. The molecule has 0 spiro atoms. The van der Waals surface area contributed by atoms with Gasteiger partial charge in [0.1, 0.15) is 0 Å². The van der Waals surface area contributed by atoms with Crippen molar-refractivity contribution < 1.29 is 5.11 Å². The predicted molar refractivity (Wildman–Crippen MR) is 78.3 cm³/mol. The van der Waals surface area contributed by atoms with Crippen LogP contribution in [0.5, 0.6) is 0 Å². The summed E-state index contributed by atoms with van der Waals surface area (Å²) in [6.45, 7) is 7.00. The van der Waals surface area contributed by atoms with Crippen molar-refractivity contribution in [2.24, 2.45) is 11.8 Å². The topological polar surface area (TPSA) is 25.2 Å². The molecule has 3 rings (SSSR count). The molecule has 2 heteroatoms. The predicted octanol–water partition coefficient (Wildman–Crippen LogP) is 4.16. The van der Waals surface area contributed by atoms with Gasteiger partial charge in [-0.15, -0.1) is 0 Å². The molecule has 0 amide bonds. The van der Waals surface area contributed by atoms with Gasteiger partial charge in [0, 0.05) is 23.0 Å². The summed E-state index contributed by atoms with van der Waals surface area (Å²) in [6, 6.07) is 2.90. The van der Waals surface area contributed by atoms with E-state index in [9.17, 15) is 5.11 Å². The minimum atomic E-state index is -0.220. The van der Waals surface area contributed by atoms with Gasteiger partial charge >= 0.3 is 0 Å². The first-order chi connectivity index (χ1) is 9.06. The summed E-state index contributed by atoms with van der Waals surface area (Å²) in [5, 5.41) is 10.2. The van der Waals surface area contributed by atoms with Crippen LogP contribution < -0.4 is 0 Å². The van der Waals surface area contributed by atoms with Crippen LogP contribution in [0, 0.1) is 18.8 Å². The van der Waals surface area contributed by atoms with Gasteiger partial charge in [0.15, 0.2) is 0 Å². The van der Waals surface area contributed by atoms with Crippen LogP contribution in [-0.2, 0) is 6.42 Å². The third-order valence-corrected chi connectivity index (χ3v) is 5.14. The fraction of sp³-hybridized carbons (Fsp3) is 0.765. The molecule has 1 heterocycles. The first-order valence-electron chi connectivity index (χ1n) is 7.95. The van der Waals surface area contributed by atoms with E-state index < -0.39 is 0 Å². The number of hydrogen-bond donors (Lipinski definition) is 1. The molecule has 0 saturated heterocycles. The van der Waals surface area contributed by atoms with Crippen molar-refractivity contribution in [3.05, 3.63) is 23.0 Å². The summed E-state index contributed by atoms with van der Waals surface area (Å²) in [4.78, 5) is 0. The molecule has 3 atom stereocenters. The van der Waals surface area contributed by atoms with E-state index in [-0.39, 0.29) is 6.10 Å². The Morgan fingerprint density at radius 3 is 2.53 bits per heavy atom. The number of aryl methyl sites for hydroxylation is 1. The highest BCUT2D eigenvalue weighted by Crippen LogP contribution is 2.41. The molecule has 2 nitrogen and oxygen atoms in total. The minimum Gasteiger partial charge on any atom is -0.388 e. The maximum atomic E-state index is 10.2. The molecule has 0 aliphatic heterocycles. The van der Waals surface area contributed by atoms with Crippen LogP contribution in [0.2, 0.25) is 0 Å². The van der Waals surface area contributed by atoms with E-state index in [1.54, 1.807) is 0 Å². The lowest BCUT2D eigenvalue weighted by atomic mass is 9.80. The highest BCUT2D eigenvalue weighted by Gasteiger charge is 2.30. The Balaban J connectivity index is 1.96. The van der Waals surface area contributed by atoms with Gasteiger partial charge in [-0.05, 0) is 63.4 Å². The zero-order valence-corrected chi connectivity index (χ0v) is 12.5. The largest absolute Gasteiger partial charge is 0.388 e. The second kappa shape index (κ2) is 4.97. The van der Waals surface area contributed by atoms with E-state index in [4.69, 9.17) is 0 Å². The number of aliphatic hydroxyl groups excluding tert-OH is 1. The van der Waals surface area contributed by atoms with Crippen molar-refractivity contribution >= 4 is 0 Å². The summed E-state index contributed by atoms with van der Waals surface area (Å²) in [5.41, 5.74) is 4.01. The first kappa shape index (κ1) is 13.2. The van der Waals surface area contributed by atoms with Gasteiger partial charge in [-0.1, -0.05) is 13.8 Å². The monoisotopic (exact) mass is 261 g/mol. The van der Waals surface area contributed by atoms with Gasteiger partial charge in [-0.2, -0.15) is 0 Å². The summed E-state index contributed by atoms with van der Waals surface area (Å²) < 4.78 is 2.57. The number of aliphatic hydroxyl groups is 1. The number of hydrogen-bond acceptors (Lipinski definition) is 1. The van der Waals surface area contributed by atoms with E-state index in [0.717, 1.165) is 31.1 Å². The van der Waals surface area contributed by atoms with Gasteiger partial charge in [0.2, 0.25) is 0 Å². The second-order valence-corrected chi connectivity index (χ2v) is 7.04. The molecule has 1 aromatic rings. The van der Waals surface area contributed by atoms with E-state index in [0.29, 0.717) is 6.04 Å². The van der Waals surface area contributed by atoms with Crippen LogP contribution in [0.15, 0.2) is 6.07 Å². The molecule has 19 heavy (non-hydrogen) atoms. The molecular formula is C17H27NO. The smallest absolute Gasteiger partial charge is 0.0807 e. The standard InChI is InChI=1S/C17H27NO/c1-11-7-12(2)9-14(8-11)18-13(3)10-15-16(18)5-4-6-17(15)19/h10-12,14,17,19H,4-9H2,1-3H3. The molecule has 0 aromatic carbocycles. The van der Waals surface area contributed by atoms with Crippen LogP contribution in [0.4, 0.5) is 0 Å². The van der Waals surface area contributed by atoms with Crippen molar-refractivity contribution in [3.63, 3.8) is 0 Å². The maximum absolute atomic E-state index is 10.2. The average molecular weight is 261 g/mol. The third kappa shape index (κ3) is 2.35. The number of rotatable bonds is 1. The average Bonchev–Trinajstić information content (AvgIpc) is 2.65. The van der Waals surface area contributed by atoms with Crippen LogP contribution in [0.25, 0.3) is 0 Å². The zero-order valence-electron chi connectivity index (χ0n) is 12.5. The Morgan fingerprint density at radius 2 is 1.84 bits per heavy atom. The van der Waals surface area contributed by atoms with Gasteiger partial charge in [-0.25, -0.2) is 0 Å². The molecule has 2 aliphatic carbocycles. The maximum Gasteiger partial charge on any atom is 0.0807 e. The molecule has 1 aromatic heterocycles. The van der Waals surface area contributed by atoms with Crippen LogP contribution >= 0.6 is 0 Å². The SMILES string of the molecule is Cc1cc2c(n1C1CC(C)CC(C)C1)CCCC2O. The Kier molecular flexibility index (Phi) is 3.46. The molecule has 106 valence electrons. The molecule has 2 aliphatic rings. The van der Waals surface area contributed by atoms with E-state index in [1.807, 2.05) is 0 Å². The van der Waals surface area contributed by atoms with Crippen LogP contribution in [-0.4, -0.2) is 9.67 Å². The minimum absolute atomic E-state index is 0.220. The molecular weight excluding hydrogens is 234 g/mol. The van der Waals surface area contributed by atoms with Crippen LogP contribution in [0.1, 0.15) is 75.0 Å². The molecule has 3 unspecified atom stereocenters. The summed E-state index contributed by atoms with van der Waals surface area (Å²) >= 11 is 0. The Hall–Kier alpha value is -0.760. The molecule has 0 radical (unpaired) electrons. The van der Waals surface area contributed by atoms with Crippen molar-refractivity contribution in [1.82, 2.24) is 4.57 Å². The zero-order chi connectivity index (χ0) is 13.6. The normalized spacial score (nSPS) is 35.2. The van der Waals surface area contributed by atoms with E-state index >= 15 is 0 Å². The van der Waals surface area contributed by atoms with Gasteiger partial charge in [0.25, 0.3) is 0 Å². The summed E-state index contributed by atoms with van der Waals surface area (Å²) in [6.07, 6.45) is 7.00. The molecule has 1 fully saturated rings.